The van der Waals surface area contributed by atoms with Gasteiger partial charge in [0.15, 0.2) is 0 Å². The van der Waals surface area contributed by atoms with Gasteiger partial charge in [-0.1, -0.05) is 47.8 Å². The summed E-state index contributed by atoms with van der Waals surface area (Å²) < 4.78 is 0. The van der Waals surface area contributed by atoms with Crippen molar-refractivity contribution >= 4 is 27.5 Å². The van der Waals surface area contributed by atoms with E-state index in [9.17, 15) is 0 Å². The number of halogens is 2. The Morgan fingerprint density at radius 2 is 2.29 bits per heavy atom. The molecule has 1 nitrogen and oxygen atoms in total. The minimum atomic E-state index is 0.493. The average Bonchev–Trinajstić information content (AvgIpc) is 2.20. The molecule has 0 aliphatic carbocycles. The normalized spacial score (nSPS) is 15.1. The van der Waals surface area contributed by atoms with Crippen LogP contribution in [0.5, 0.6) is 0 Å². The summed E-state index contributed by atoms with van der Waals surface area (Å²) in [6.45, 7) is 4.45. The van der Waals surface area contributed by atoms with E-state index in [1.54, 1.807) is 12.4 Å². The standard InChI is InChI=1S/C11H15BrClN/c1-3-8(2)10(12)6-9-4-5-14-7-11(9)13/h4-5,7-8,10H,3,6H2,1-2H3. The smallest absolute Gasteiger partial charge is 0.0621 e. The van der Waals surface area contributed by atoms with Gasteiger partial charge in [0.1, 0.15) is 0 Å². The number of hydrogen-bond acceptors (Lipinski definition) is 1. The van der Waals surface area contributed by atoms with Crippen molar-refractivity contribution in [3.63, 3.8) is 0 Å². The van der Waals surface area contributed by atoms with Crippen LogP contribution in [0.3, 0.4) is 0 Å². The molecule has 1 aromatic rings. The van der Waals surface area contributed by atoms with Crippen LogP contribution in [0.4, 0.5) is 0 Å². The van der Waals surface area contributed by atoms with Gasteiger partial charge in [0.05, 0.1) is 5.02 Å². The summed E-state index contributed by atoms with van der Waals surface area (Å²) in [6.07, 6.45) is 5.64. The molecule has 78 valence electrons. The van der Waals surface area contributed by atoms with Crippen LogP contribution in [0, 0.1) is 5.92 Å². The Labute approximate surface area is 99.0 Å². The zero-order valence-corrected chi connectivity index (χ0v) is 10.8. The predicted octanol–water partition coefficient (Wildman–Crippen LogP) is 4.09. The molecule has 0 aliphatic rings. The van der Waals surface area contributed by atoms with Gasteiger partial charge in [0.2, 0.25) is 0 Å². The molecule has 0 aliphatic heterocycles. The molecule has 1 aromatic heterocycles. The Hall–Kier alpha value is -0.0800. The first-order chi connectivity index (χ1) is 6.65. The topological polar surface area (TPSA) is 12.9 Å². The summed E-state index contributed by atoms with van der Waals surface area (Å²) in [5, 5.41) is 0.764. The van der Waals surface area contributed by atoms with E-state index in [1.807, 2.05) is 6.07 Å². The van der Waals surface area contributed by atoms with E-state index in [-0.39, 0.29) is 0 Å². The maximum atomic E-state index is 6.03. The molecule has 14 heavy (non-hydrogen) atoms. The molecule has 0 N–H and O–H groups in total. The van der Waals surface area contributed by atoms with Crippen LogP contribution in [0.25, 0.3) is 0 Å². The van der Waals surface area contributed by atoms with Gasteiger partial charge in [-0.15, -0.1) is 0 Å². The van der Waals surface area contributed by atoms with Gasteiger partial charge in [-0.3, -0.25) is 4.98 Å². The molecular formula is C11H15BrClN. The fourth-order valence-corrected chi connectivity index (χ4v) is 2.16. The van der Waals surface area contributed by atoms with E-state index in [4.69, 9.17) is 11.6 Å². The molecule has 2 atom stereocenters. The molecule has 2 unspecified atom stereocenters. The van der Waals surface area contributed by atoms with Gasteiger partial charge in [-0.05, 0) is 24.0 Å². The van der Waals surface area contributed by atoms with Crippen LogP contribution in [-0.2, 0) is 6.42 Å². The van der Waals surface area contributed by atoms with Crippen molar-refractivity contribution in [2.45, 2.75) is 31.5 Å². The van der Waals surface area contributed by atoms with E-state index >= 15 is 0 Å². The highest BCUT2D eigenvalue weighted by Gasteiger charge is 2.13. The number of hydrogen-bond donors (Lipinski definition) is 0. The van der Waals surface area contributed by atoms with Crippen LogP contribution in [0.1, 0.15) is 25.8 Å². The van der Waals surface area contributed by atoms with Gasteiger partial charge in [0.25, 0.3) is 0 Å². The molecule has 0 radical (unpaired) electrons. The zero-order chi connectivity index (χ0) is 10.6. The second-order valence-corrected chi connectivity index (χ2v) is 5.16. The number of rotatable bonds is 4. The molecule has 0 bridgehead atoms. The third-order valence-electron chi connectivity index (χ3n) is 2.53. The molecular weight excluding hydrogens is 261 g/mol. The lowest BCUT2D eigenvalue weighted by atomic mass is 9.99. The van der Waals surface area contributed by atoms with E-state index < -0.39 is 0 Å². The zero-order valence-electron chi connectivity index (χ0n) is 8.50. The van der Waals surface area contributed by atoms with Gasteiger partial charge < -0.3 is 0 Å². The van der Waals surface area contributed by atoms with Gasteiger partial charge in [-0.25, -0.2) is 0 Å². The molecule has 0 spiro atoms. The summed E-state index contributed by atoms with van der Waals surface area (Å²) >= 11 is 9.73. The van der Waals surface area contributed by atoms with Crippen LogP contribution in [0.2, 0.25) is 5.02 Å². The lowest BCUT2D eigenvalue weighted by Crippen LogP contribution is -2.13. The maximum absolute atomic E-state index is 6.03. The van der Waals surface area contributed by atoms with Crippen molar-refractivity contribution in [2.24, 2.45) is 5.92 Å². The summed E-state index contributed by atoms with van der Waals surface area (Å²) in [4.78, 5) is 4.46. The molecule has 1 rings (SSSR count). The fourth-order valence-electron chi connectivity index (χ4n) is 1.24. The van der Waals surface area contributed by atoms with Crippen LogP contribution in [-0.4, -0.2) is 9.81 Å². The Balaban J connectivity index is 2.64. The average molecular weight is 277 g/mol. The van der Waals surface area contributed by atoms with Gasteiger partial charge in [0, 0.05) is 17.2 Å². The molecule has 0 saturated heterocycles. The van der Waals surface area contributed by atoms with Crippen molar-refractivity contribution in [1.82, 2.24) is 4.98 Å². The van der Waals surface area contributed by atoms with E-state index in [0.29, 0.717) is 10.7 Å². The Kier molecular flexibility index (Phi) is 4.90. The van der Waals surface area contributed by atoms with Crippen LogP contribution in [0.15, 0.2) is 18.5 Å². The number of pyridine rings is 1. The summed E-state index contributed by atoms with van der Waals surface area (Å²) in [5.74, 6) is 0.666. The third-order valence-corrected chi connectivity index (χ3v) is 4.10. The molecule has 3 heteroatoms. The van der Waals surface area contributed by atoms with Gasteiger partial charge in [-0.2, -0.15) is 0 Å². The first kappa shape index (κ1) is 12.0. The summed E-state index contributed by atoms with van der Waals surface area (Å²) in [5.41, 5.74) is 1.17. The highest BCUT2D eigenvalue weighted by molar-refractivity contribution is 9.09. The largest absolute Gasteiger partial charge is 0.263 e. The second kappa shape index (κ2) is 5.72. The molecule has 0 amide bonds. The molecule has 1 heterocycles. The first-order valence-corrected chi connectivity index (χ1v) is 6.17. The molecule has 0 saturated carbocycles. The number of alkyl halides is 1. The highest BCUT2D eigenvalue weighted by atomic mass is 79.9. The van der Waals surface area contributed by atoms with Gasteiger partial charge >= 0.3 is 0 Å². The Morgan fingerprint density at radius 1 is 1.57 bits per heavy atom. The minimum absolute atomic E-state index is 0.493. The second-order valence-electron chi connectivity index (χ2n) is 3.57. The predicted molar refractivity (Wildman–Crippen MR) is 65.1 cm³/mol. The lowest BCUT2D eigenvalue weighted by Gasteiger charge is -2.16. The van der Waals surface area contributed by atoms with Crippen molar-refractivity contribution in [3.05, 3.63) is 29.0 Å². The lowest BCUT2D eigenvalue weighted by molar-refractivity contribution is 0.538. The monoisotopic (exact) mass is 275 g/mol. The van der Waals surface area contributed by atoms with Crippen molar-refractivity contribution in [3.8, 4) is 0 Å². The molecule has 0 fully saturated rings. The van der Waals surface area contributed by atoms with E-state index in [0.717, 1.165) is 11.4 Å². The first-order valence-electron chi connectivity index (χ1n) is 4.87. The van der Waals surface area contributed by atoms with Crippen LogP contribution < -0.4 is 0 Å². The Bertz CT molecular complexity index is 290. The highest BCUT2D eigenvalue weighted by Crippen LogP contribution is 2.23. The number of aromatic nitrogens is 1. The fraction of sp³-hybridized carbons (Fsp3) is 0.545. The van der Waals surface area contributed by atoms with Crippen molar-refractivity contribution in [2.75, 3.05) is 0 Å². The number of nitrogens with zero attached hydrogens (tertiary/aromatic N) is 1. The summed E-state index contributed by atoms with van der Waals surface area (Å²) in [7, 11) is 0. The Morgan fingerprint density at radius 3 is 2.86 bits per heavy atom. The SMILES string of the molecule is CCC(C)C(Br)Cc1ccncc1Cl. The molecule has 0 aromatic carbocycles. The maximum Gasteiger partial charge on any atom is 0.0621 e. The minimum Gasteiger partial charge on any atom is -0.263 e. The third kappa shape index (κ3) is 3.25. The van der Waals surface area contributed by atoms with Crippen molar-refractivity contribution in [1.29, 1.82) is 0 Å². The quantitative estimate of drug-likeness (QED) is 0.755. The van der Waals surface area contributed by atoms with E-state index in [2.05, 4.69) is 34.8 Å². The van der Waals surface area contributed by atoms with E-state index in [1.165, 1.54) is 12.0 Å². The summed E-state index contributed by atoms with van der Waals surface area (Å²) in [6, 6.07) is 1.99. The van der Waals surface area contributed by atoms with Crippen LogP contribution >= 0.6 is 27.5 Å². The van der Waals surface area contributed by atoms with Crippen molar-refractivity contribution < 1.29 is 0 Å².